The molecule has 0 aliphatic carbocycles. The van der Waals surface area contributed by atoms with Crippen LogP contribution in [0, 0.1) is 0 Å². The molecule has 1 heterocycles. The van der Waals surface area contributed by atoms with Gasteiger partial charge in [0, 0.05) is 13.2 Å². The fourth-order valence-corrected chi connectivity index (χ4v) is 0.423. The third-order valence-electron chi connectivity index (χ3n) is 0.731. The number of rotatable bonds is 0. The SMILES string of the molecule is CN1C=CC[N]1. The molecule has 0 saturated carbocycles. The van der Waals surface area contributed by atoms with Crippen LogP contribution in [0.5, 0.6) is 0 Å². The standard InChI is InChI=1S/C4H7N2/c1-6-4-2-3-5-6/h2,4H,3H2,1H3. The lowest BCUT2D eigenvalue weighted by Crippen LogP contribution is -2.15. The zero-order valence-corrected chi connectivity index (χ0v) is 3.76. The van der Waals surface area contributed by atoms with Gasteiger partial charge in [-0.05, 0) is 6.08 Å². The minimum Gasteiger partial charge on any atom is -0.301 e. The van der Waals surface area contributed by atoms with Crippen molar-refractivity contribution in [1.82, 2.24) is 10.4 Å². The van der Waals surface area contributed by atoms with Crippen LogP contribution in [-0.2, 0) is 0 Å². The van der Waals surface area contributed by atoms with Crippen LogP contribution in [-0.4, -0.2) is 18.6 Å². The Morgan fingerprint density at radius 2 is 2.67 bits per heavy atom. The zero-order chi connectivity index (χ0) is 4.41. The summed E-state index contributed by atoms with van der Waals surface area (Å²) in [7, 11) is 1.92. The molecule has 0 aromatic rings. The summed E-state index contributed by atoms with van der Waals surface area (Å²) in [5.74, 6) is 0. The summed E-state index contributed by atoms with van der Waals surface area (Å²) in [6, 6.07) is 0. The topological polar surface area (TPSA) is 17.3 Å². The highest BCUT2D eigenvalue weighted by atomic mass is 15.5. The summed E-state index contributed by atoms with van der Waals surface area (Å²) in [6.45, 7) is 0.858. The van der Waals surface area contributed by atoms with Crippen molar-refractivity contribution in [2.45, 2.75) is 0 Å². The fraction of sp³-hybridized carbons (Fsp3) is 0.500. The first-order chi connectivity index (χ1) is 2.89. The lowest BCUT2D eigenvalue weighted by Gasteiger charge is -2.01. The van der Waals surface area contributed by atoms with Crippen LogP contribution < -0.4 is 5.43 Å². The van der Waals surface area contributed by atoms with Gasteiger partial charge in [0.25, 0.3) is 0 Å². The Kier molecular flexibility index (Phi) is 0.801. The highest BCUT2D eigenvalue weighted by Crippen LogP contribution is 1.86. The van der Waals surface area contributed by atoms with Crippen molar-refractivity contribution in [3.63, 3.8) is 0 Å². The Bertz CT molecular complexity index is 67.9. The smallest absolute Gasteiger partial charge is 0.0559 e. The zero-order valence-electron chi connectivity index (χ0n) is 3.76. The summed E-state index contributed by atoms with van der Waals surface area (Å²) in [5, 5.41) is 1.81. The van der Waals surface area contributed by atoms with Gasteiger partial charge in [-0.3, -0.25) is 0 Å². The van der Waals surface area contributed by atoms with E-state index in [0.717, 1.165) is 6.54 Å². The van der Waals surface area contributed by atoms with Crippen molar-refractivity contribution in [3.05, 3.63) is 12.3 Å². The van der Waals surface area contributed by atoms with Gasteiger partial charge < -0.3 is 5.01 Å². The second-order valence-electron chi connectivity index (χ2n) is 1.28. The average molecular weight is 83.1 g/mol. The van der Waals surface area contributed by atoms with Crippen LogP contribution in [0.3, 0.4) is 0 Å². The van der Waals surface area contributed by atoms with Crippen LogP contribution >= 0.6 is 0 Å². The second-order valence-corrected chi connectivity index (χ2v) is 1.28. The molecular formula is C4H7N2. The normalized spacial score (nSPS) is 19.8. The van der Waals surface area contributed by atoms with Gasteiger partial charge in [-0.1, -0.05) is 0 Å². The number of hydrogen-bond donors (Lipinski definition) is 0. The Hall–Kier alpha value is -0.500. The molecule has 0 aromatic heterocycles. The molecule has 0 bridgehead atoms. The quantitative estimate of drug-likeness (QED) is 0.402. The van der Waals surface area contributed by atoms with Gasteiger partial charge in [0.1, 0.15) is 0 Å². The molecule has 33 valence electrons. The maximum Gasteiger partial charge on any atom is 0.0559 e. The Morgan fingerprint density at radius 1 is 1.83 bits per heavy atom. The molecule has 1 radical (unpaired) electrons. The van der Waals surface area contributed by atoms with Crippen LogP contribution in [0.2, 0.25) is 0 Å². The van der Waals surface area contributed by atoms with Crippen molar-refractivity contribution in [1.29, 1.82) is 0 Å². The molecule has 0 N–H and O–H groups in total. The maximum absolute atomic E-state index is 3.96. The van der Waals surface area contributed by atoms with E-state index in [-0.39, 0.29) is 0 Å². The molecule has 0 spiro atoms. The lowest BCUT2D eigenvalue weighted by molar-refractivity contribution is 0.363. The van der Waals surface area contributed by atoms with Crippen LogP contribution in [0.4, 0.5) is 0 Å². The molecule has 0 atom stereocenters. The van der Waals surface area contributed by atoms with Gasteiger partial charge in [0.15, 0.2) is 0 Å². The molecule has 0 saturated heterocycles. The van der Waals surface area contributed by atoms with E-state index in [4.69, 9.17) is 0 Å². The number of hydrogen-bond acceptors (Lipinski definition) is 1. The Balaban J connectivity index is 2.38. The predicted octanol–water partition coefficient (Wildman–Crippen LogP) is -0.0351. The maximum atomic E-state index is 3.96. The van der Waals surface area contributed by atoms with E-state index in [1.54, 1.807) is 5.01 Å². The van der Waals surface area contributed by atoms with Gasteiger partial charge in [0.05, 0.1) is 6.54 Å². The summed E-state index contributed by atoms with van der Waals surface area (Å²) in [5.41, 5.74) is 3.96. The van der Waals surface area contributed by atoms with E-state index in [2.05, 4.69) is 5.43 Å². The van der Waals surface area contributed by atoms with Crippen LogP contribution in [0.1, 0.15) is 0 Å². The lowest BCUT2D eigenvalue weighted by atomic mass is 10.7. The average Bonchev–Trinajstić information content (AvgIpc) is 1.86. The minimum atomic E-state index is 0.858. The van der Waals surface area contributed by atoms with E-state index in [9.17, 15) is 0 Å². The van der Waals surface area contributed by atoms with Crippen molar-refractivity contribution in [2.24, 2.45) is 0 Å². The first-order valence-corrected chi connectivity index (χ1v) is 1.96. The molecule has 2 heteroatoms. The Labute approximate surface area is 37.4 Å². The van der Waals surface area contributed by atoms with Crippen molar-refractivity contribution in [2.75, 3.05) is 13.6 Å². The fourth-order valence-electron chi connectivity index (χ4n) is 0.423. The van der Waals surface area contributed by atoms with Gasteiger partial charge in [0.2, 0.25) is 0 Å². The van der Waals surface area contributed by atoms with E-state index >= 15 is 0 Å². The van der Waals surface area contributed by atoms with Gasteiger partial charge in [-0.15, -0.1) is 5.43 Å². The molecule has 0 unspecified atom stereocenters. The van der Waals surface area contributed by atoms with Crippen LogP contribution in [0.25, 0.3) is 0 Å². The molecule has 1 aliphatic heterocycles. The summed E-state index contributed by atoms with van der Waals surface area (Å²) in [4.78, 5) is 0. The largest absolute Gasteiger partial charge is 0.301 e. The van der Waals surface area contributed by atoms with Crippen LogP contribution in [0.15, 0.2) is 12.3 Å². The molecule has 6 heavy (non-hydrogen) atoms. The first-order valence-electron chi connectivity index (χ1n) is 1.96. The molecular weight excluding hydrogens is 76.1 g/mol. The molecule has 1 aliphatic rings. The highest BCUT2D eigenvalue weighted by molar-refractivity contribution is 4.86. The van der Waals surface area contributed by atoms with E-state index < -0.39 is 0 Å². The van der Waals surface area contributed by atoms with E-state index in [1.807, 2.05) is 19.3 Å². The molecule has 0 amide bonds. The summed E-state index contributed by atoms with van der Waals surface area (Å²) >= 11 is 0. The van der Waals surface area contributed by atoms with Gasteiger partial charge in [-0.25, -0.2) is 0 Å². The highest BCUT2D eigenvalue weighted by Gasteiger charge is 1.93. The van der Waals surface area contributed by atoms with E-state index in [1.165, 1.54) is 0 Å². The third-order valence-corrected chi connectivity index (χ3v) is 0.731. The third kappa shape index (κ3) is 0.518. The van der Waals surface area contributed by atoms with Gasteiger partial charge >= 0.3 is 0 Å². The van der Waals surface area contributed by atoms with Crippen molar-refractivity contribution >= 4 is 0 Å². The molecule has 1 rings (SSSR count). The van der Waals surface area contributed by atoms with Crippen molar-refractivity contribution in [3.8, 4) is 0 Å². The predicted molar refractivity (Wildman–Crippen MR) is 23.9 cm³/mol. The van der Waals surface area contributed by atoms with E-state index in [0.29, 0.717) is 0 Å². The summed E-state index contributed by atoms with van der Waals surface area (Å²) in [6.07, 6.45) is 3.96. The molecule has 0 aromatic carbocycles. The Morgan fingerprint density at radius 3 is 2.83 bits per heavy atom. The first kappa shape index (κ1) is 3.68. The minimum absolute atomic E-state index is 0.858. The molecule has 0 fully saturated rings. The van der Waals surface area contributed by atoms with Gasteiger partial charge in [-0.2, -0.15) is 0 Å². The number of nitrogens with zero attached hydrogens (tertiary/aromatic N) is 2. The summed E-state index contributed by atoms with van der Waals surface area (Å²) < 4.78 is 0. The monoisotopic (exact) mass is 83.1 g/mol. The molecule has 2 nitrogen and oxygen atoms in total. The van der Waals surface area contributed by atoms with Crippen molar-refractivity contribution < 1.29 is 0 Å². The second kappa shape index (κ2) is 1.30.